The van der Waals surface area contributed by atoms with Crippen molar-refractivity contribution in [1.29, 1.82) is 5.26 Å². The average molecular weight is 584 g/mol. The molecule has 3 heterocycles. The average Bonchev–Trinajstić information content (AvgIpc) is 3.29. The summed E-state index contributed by atoms with van der Waals surface area (Å²) in [5.41, 5.74) is 0.484. The number of carbonyl (C=O) groups excluding carboxylic acids is 1. The standard InChI is InChI=1S/C29H29F3N6O4/c1-17-24(26(39)41-4)25(23-9-8-18(12-33)10-20(23)14-38(2,3)13-19-15-42-16-19)37-27(34-35-28(37)40)36(17)22-7-5-6-21(11-22)29(30,31)32/h5-11,19,25H,13-16H2,1-4H3/p+1. The number of methoxy groups -OCH3 is 1. The number of H-pyrrole nitrogens is 1. The van der Waals surface area contributed by atoms with Crippen LogP contribution in [-0.2, 0) is 27.0 Å². The third-order valence-corrected chi connectivity index (χ3v) is 7.60. The highest BCUT2D eigenvalue weighted by Crippen LogP contribution is 2.44. The Hall–Kier alpha value is -4.41. The second kappa shape index (κ2) is 10.8. The van der Waals surface area contributed by atoms with Crippen molar-refractivity contribution >= 4 is 17.6 Å². The molecule has 5 rings (SSSR count). The van der Waals surface area contributed by atoms with Crippen molar-refractivity contribution < 1.29 is 31.9 Å². The number of nitrogens with zero attached hydrogens (tertiary/aromatic N) is 5. The lowest BCUT2D eigenvalue weighted by molar-refractivity contribution is -0.908. The predicted molar refractivity (Wildman–Crippen MR) is 145 cm³/mol. The molecule has 42 heavy (non-hydrogen) atoms. The zero-order chi connectivity index (χ0) is 30.4. The van der Waals surface area contributed by atoms with Crippen molar-refractivity contribution in [3.8, 4) is 6.07 Å². The minimum Gasteiger partial charge on any atom is -0.466 e. The lowest BCUT2D eigenvalue weighted by atomic mass is 9.89. The van der Waals surface area contributed by atoms with Gasteiger partial charge in [-0.15, -0.1) is 5.10 Å². The summed E-state index contributed by atoms with van der Waals surface area (Å²) in [4.78, 5) is 28.1. The molecule has 1 aromatic heterocycles. The first kappa shape index (κ1) is 29.1. The van der Waals surface area contributed by atoms with E-state index in [9.17, 15) is 28.0 Å². The van der Waals surface area contributed by atoms with Gasteiger partial charge in [-0.2, -0.15) is 18.4 Å². The number of ether oxygens (including phenoxy) is 2. The van der Waals surface area contributed by atoms with E-state index in [4.69, 9.17) is 9.47 Å². The number of nitrogens with one attached hydrogen (secondary N) is 1. The topological polar surface area (TPSA) is 113 Å². The van der Waals surface area contributed by atoms with Gasteiger partial charge in [0.1, 0.15) is 12.6 Å². The number of aromatic amines is 1. The van der Waals surface area contributed by atoms with Gasteiger partial charge in [0, 0.05) is 16.9 Å². The lowest BCUT2D eigenvalue weighted by Crippen LogP contribution is -2.48. The van der Waals surface area contributed by atoms with Crippen LogP contribution in [0.1, 0.15) is 35.2 Å². The number of hydrogen-bond acceptors (Lipinski definition) is 7. The maximum atomic E-state index is 13.6. The minimum atomic E-state index is -4.61. The second-order valence-electron chi connectivity index (χ2n) is 11.2. The van der Waals surface area contributed by atoms with Gasteiger partial charge in [-0.1, -0.05) is 12.1 Å². The summed E-state index contributed by atoms with van der Waals surface area (Å²) in [6.45, 7) is 4.18. The Bertz CT molecular complexity index is 1660. The molecule has 0 radical (unpaired) electrons. The first-order valence-corrected chi connectivity index (χ1v) is 13.2. The molecule has 220 valence electrons. The van der Waals surface area contributed by atoms with Gasteiger partial charge in [-0.05, 0) is 42.8 Å². The minimum absolute atomic E-state index is 0.00477. The van der Waals surface area contributed by atoms with Crippen LogP contribution in [0, 0.1) is 17.2 Å². The molecule has 0 spiro atoms. The van der Waals surface area contributed by atoms with Crippen LogP contribution in [0.5, 0.6) is 0 Å². The molecule has 0 amide bonds. The van der Waals surface area contributed by atoms with Crippen LogP contribution in [0.15, 0.2) is 58.5 Å². The van der Waals surface area contributed by atoms with E-state index >= 15 is 0 Å². The van der Waals surface area contributed by atoms with Crippen molar-refractivity contribution in [1.82, 2.24) is 14.8 Å². The van der Waals surface area contributed by atoms with Gasteiger partial charge in [0.15, 0.2) is 0 Å². The number of benzene rings is 2. The van der Waals surface area contributed by atoms with Crippen LogP contribution >= 0.6 is 0 Å². The molecule has 13 heteroatoms. The summed E-state index contributed by atoms with van der Waals surface area (Å²) < 4.78 is 53.1. The molecular formula is C29H30F3N6O4+. The Morgan fingerprint density at radius 1 is 1.24 bits per heavy atom. The number of nitriles is 1. The van der Waals surface area contributed by atoms with Crippen LogP contribution in [-0.4, -0.2) is 66.2 Å². The summed E-state index contributed by atoms with van der Waals surface area (Å²) in [7, 11) is 5.30. The Morgan fingerprint density at radius 3 is 2.60 bits per heavy atom. The maximum absolute atomic E-state index is 13.6. The number of hydrogen-bond donors (Lipinski definition) is 1. The van der Waals surface area contributed by atoms with Gasteiger partial charge in [0.05, 0.1) is 69.7 Å². The zero-order valence-electron chi connectivity index (χ0n) is 23.5. The fourth-order valence-corrected chi connectivity index (χ4v) is 5.77. The van der Waals surface area contributed by atoms with Crippen molar-refractivity contribution in [2.75, 3.05) is 45.9 Å². The molecule has 1 atom stereocenters. The van der Waals surface area contributed by atoms with E-state index < -0.39 is 29.4 Å². The number of halogens is 3. The number of carbonyl (C=O) groups is 1. The maximum Gasteiger partial charge on any atom is 0.416 e. The molecule has 2 aliphatic heterocycles. The highest BCUT2D eigenvalue weighted by atomic mass is 19.4. The summed E-state index contributed by atoms with van der Waals surface area (Å²) >= 11 is 0. The van der Waals surface area contributed by atoms with E-state index in [0.717, 1.165) is 24.2 Å². The first-order valence-electron chi connectivity index (χ1n) is 13.2. The van der Waals surface area contributed by atoms with Gasteiger partial charge in [-0.3, -0.25) is 4.90 Å². The monoisotopic (exact) mass is 583 g/mol. The van der Waals surface area contributed by atoms with E-state index in [1.54, 1.807) is 25.1 Å². The Kier molecular flexibility index (Phi) is 7.46. The molecule has 1 unspecified atom stereocenters. The number of anilines is 2. The fourth-order valence-electron chi connectivity index (χ4n) is 5.77. The Morgan fingerprint density at radius 2 is 1.98 bits per heavy atom. The number of esters is 1. The zero-order valence-corrected chi connectivity index (χ0v) is 23.5. The van der Waals surface area contributed by atoms with Crippen LogP contribution in [0.3, 0.4) is 0 Å². The summed E-state index contributed by atoms with van der Waals surface area (Å²) in [6.07, 6.45) is -4.61. The van der Waals surface area contributed by atoms with Crippen molar-refractivity contribution in [2.45, 2.75) is 25.7 Å². The van der Waals surface area contributed by atoms with E-state index in [0.29, 0.717) is 41.3 Å². The second-order valence-corrected chi connectivity index (χ2v) is 11.2. The third-order valence-electron chi connectivity index (χ3n) is 7.60. The fraction of sp³-hybridized carbons (Fsp3) is 0.379. The van der Waals surface area contributed by atoms with Gasteiger partial charge in [-0.25, -0.2) is 19.3 Å². The smallest absolute Gasteiger partial charge is 0.416 e. The quantitative estimate of drug-likeness (QED) is 0.332. The van der Waals surface area contributed by atoms with Crippen LogP contribution in [0.2, 0.25) is 0 Å². The summed E-state index contributed by atoms with van der Waals surface area (Å²) in [6, 6.07) is 10.7. The summed E-state index contributed by atoms with van der Waals surface area (Å²) in [5.74, 6) is -0.372. The lowest BCUT2D eigenvalue weighted by Gasteiger charge is -2.39. The van der Waals surface area contributed by atoms with Crippen LogP contribution in [0.4, 0.5) is 24.8 Å². The van der Waals surface area contributed by atoms with Crippen LogP contribution in [0.25, 0.3) is 0 Å². The van der Waals surface area contributed by atoms with E-state index in [-0.39, 0.29) is 22.9 Å². The van der Waals surface area contributed by atoms with Crippen molar-refractivity contribution in [3.63, 3.8) is 0 Å². The van der Waals surface area contributed by atoms with Crippen LogP contribution < -0.4 is 10.6 Å². The molecule has 1 fully saturated rings. The highest BCUT2D eigenvalue weighted by Gasteiger charge is 2.41. The molecule has 2 aromatic carbocycles. The third kappa shape index (κ3) is 5.31. The van der Waals surface area contributed by atoms with Gasteiger partial charge >= 0.3 is 17.8 Å². The van der Waals surface area contributed by atoms with E-state index in [2.05, 4.69) is 30.4 Å². The molecule has 2 aliphatic rings. The van der Waals surface area contributed by atoms with Crippen molar-refractivity contribution in [3.05, 3.63) is 86.5 Å². The molecule has 1 N–H and O–H groups in total. The number of quaternary nitrogens is 1. The largest absolute Gasteiger partial charge is 0.466 e. The molecule has 10 nitrogen and oxygen atoms in total. The van der Waals surface area contributed by atoms with E-state index in [1.165, 1.54) is 28.7 Å². The molecule has 0 bridgehead atoms. The van der Waals surface area contributed by atoms with Crippen molar-refractivity contribution in [2.24, 2.45) is 5.92 Å². The van der Waals surface area contributed by atoms with Gasteiger partial charge in [0.25, 0.3) is 0 Å². The highest BCUT2D eigenvalue weighted by molar-refractivity contribution is 5.93. The first-order chi connectivity index (χ1) is 19.8. The van der Waals surface area contributed by atoms with E-state index in [1.807, 2.05) is 0 Å². The number of allylic oxidation sites excluding steroid dienone is 1. The SMILES string of the molecule is COC(=O)C1=C(C)N(c2cccc(C(F)(F)F)c2)c2n[nH]c(=O)n2C1c1ccc(C#N)cc1C[N+](C)(C)CC1COC1. The molecule has 3 aromatic rings. The molecule has 0 aliphatic carbocycles. The Balaban J connectivity index is 1.71. The summed E-state index contributed by atoms with van der Waals surface area (Å²) in [5, 5.41) is 16.2. The molecular weight excluding hydrogens is 553 g/mol. The normalized spacial score (nSPS) is 17.5. The Labute approximate surface area is 239 Å². The number of fused-ring (bicyclic) bond motifs is 1. The molecule has 0 saturated carbocycles. The predicted octanol–water partition coefficient (Wildman–Crippen LogP) is 3.87. The number of aromatic nitrogens is 3. The van der Waals surface area contributed by atoms with Gasteiger partial charge < -0.3 is 14.0 Å². The number of rotatable bonds is 7. The van der Waals surface area contributed by atoms with Gasteiger partial charge in [0.2, 0.25) is 5.95 Å². The molecule has 1 saturated heterocycles. The number of alkyl halides is 3.